The molecule has 7 nitrogen and oxygen atoms in total. The summed E-state index contributed by atoms with van der Waals surface area (Å²) in [6, 6.07) is 5.70. The fraction of sp³-hybridized carbons (Fsp3) is 0.591. The minimum absolute atomic E-state index is 0.0464. The predicted octanol–water partition coefficient (Wildman–Crippen LogP) is 3.55. The Bertz CT molecular complexity index is 853. The first-order chi connectivity index (χ1) is 14.2. The quantitative estimate of drug-likeness (QED) is 0.506. The molecule has 2 aromatic rings. The van der Waals surface area contributed by atoms with E-state index < -0.39 is 0 Å². The molecule has 0 atom stereocenters. The molecule has 1 fully saturated rings. The summed E-state index contributed by atoms with van der Waals surface area (Å²) >= 11 is 1.54. The lowest BCUT2D eigenvalue weighted by Crippen LogP contribution is -2.31. The van der Waals surface area contributed by atoms with Crippen LogP contribution in [0.4, 0.5) is 5.82 Å². The summed E-state index contributed by atoms with van der Waals surface area (Å²) in [6.07, 6.45) is 2.42. The Balaban J connectivity index is 1.66. The Morgan fingerprint density at radius 2 is 1.97 bits per heavy atom. The molecule has 0 aromatic carbocycles. The molecule has 0 radical (unpaired) electrons. The Kier molecular flexibility index (Phi) is 7.41. The molecule has 0 aliphatic carbocycles. The molecule has 30 heavy (non-hydrogen) atoms. The number of nitrogens with one attached hydrogen (secondary N) is 1. The molecule has 0 unspecified atom stereocenters. The van der Waals surface area contributed by atoms with E-state index in [0.29, 0.717) is 18.1 Å². The van der Waals surface area contributed by atoms with Gasteiger partial charge in [0.05, 0.1) is 11.4 Å². The van der Waals surface area contributed by atoms with Gasteiger partial charge in [0, 0.05) is 37.7 Å². The maximum Gasteiger partial charge on any atom is 0.287 e. The van der Waals surface area contributed by atoms with Gasteiger partial charge >= 0.3 is 0 Å². The number of thioether (sulfide) groups is 1. The zero-order valence-corrected chi connectivity index (χ0v) is 19.5. The highest BCUT2D eigenvalue weighted by Gasteiger charge is 2.22. The zero-order chi connectivity index (χ0) is 21.7. The van der Waals surface area contributed by atoms with Gasteiger partial charge in [0.25, 0.3) is 5.91 Å². The Morgan fingerprint density at radius 1 is 1.23 bits per heavy atom. The normalized spacial score (nSPS) is 14.5. The van der Waals surface area contributed by atoms with Gasteiger partial charge in [0.1, 0.15) is 11.6 Å². The molecule has 1 amide bonds. The SMILES string of the molecule is CN(C)CCNC(=O)c1ccc(CSc2nc(N3CCCC3)cc(C(C)(C)C)n2)o1. The molecule has 0 saturated carbocycles. The van der Waals surface area contributed by atoms with Gasteiger partial charge in [-0.2, -0.15) is 0 Å². The fourth-order valence-corrected chi connectivity index (χ4v) is 3.91. The van der Waals surface area contributed by atoms with E-state index in [2.05, 4.69) is 37.1 Å². The molecule has 3 rings (SSSR count). The lowest BCUT2D eigenvalue weighted by Gasteiger charge is -2.22. The summed E-state index contributed by atoms with van der Waals surface area (Å²) < 4.78 is 5.74. The standard InChI is InChI=1S/C22H33N5O2S/c1-22(2,3)18-14-19(27-11-6-7-12-27)25-21(24-18)30-15-16-8-9-17(29-16)20(28)23-10-13-26(4)5/h8-9,14H,6-7,10-13,15H2,1-5H3,(H,23,28). The van der Waals surface area contributed by atoms with Crippen molar-refractivity contribution in [1.82, 2.24) is 20.2 Å². The van der Waals surface area contributed by atoms with Gasteiger partial charge in [-0.15, -0.1) is 0 Å². The van der Waals surface area contributed by atoms with Crippen molar-refractivity contribution in [1.29, 1.82) is 0 Å². The smallest absolute Gasteiger partial charge is 0.287 e. The van der Waals surface area contributed by atoms with E-state index in [0.717, 1.165) is 42.1 Å². The van der Waals surface area contributed by atoms with E-state index in [1.807, 2.05) is 25.1 Å². The van der Waals surface area contributed by atoms with Crippen LogP contribution in [0.15, 0.2) is 27.8 Å². The van der Waals surface area contributed by atoms with Gasteiger partial charge in [-0.3, -0.25) is 4.79 Å². The summed E-state index contributed by atoms with van der Waals surface area (Å²) in [7, 11) is 3.94. The number of hydrogen-bond acceptors (Lipinski definition) is 7. The number of rotatable bonds is 8. The highest BCUT2D eigenvalue weighted by molar-refractivity contribution is 7.98. The van der Waals surface area contributed by atoms with Gasteiger partial charge in [-0.25, -0.2) is 9.97 Å². The number of nitrogens with zero attached hydrogens (tertiary/aromatic N) is 4. The predicted molar refractivity (Wildman–Crippen MR) is 121 cm³/mol. The third-order valence-electron chi connectivity index (χ3n) is 4.96. The van der Waals surface area contributed by atoms with E-state index in [-0.39, 0.29) is 11.3 Å². The number of carbonyl (C=O) groups excluding carboxylic acids is 1. The Hall–Kier alpha value is -2.06. The zero-order valence-electron chi connectivity index (χ0n) is 18.7. The Labute approximate surface area is 183 Å². The number of carbonyl (C=O) groups is 1. The van der Waals surface area contributed by atoms with Gasteiger partial charge in [-0.1, -0.05) is 32.5 Å². The van der Waals surface area contributed by atoms with Crippen LogP contribution >= 0.6 is 11.8 Å². The van der Waals surface area contributed by atoms with Gasteiger partial charge in [0.15, 0.2) is 10.9 Å². The Morgan fingerprint density at radius 3 is 2.63 bits per heavy atom. The van der Waals surface area contributed by atoms with Gasteiger partial charge in [0.2, 0.25) is 0 Å². The molecule has 0 spiro atoms. The average molecular weight is 432 g/mol. The maximum absolute atomic E-state index is 12.2. The first-order valence-corrected chi connectivity index (χ1v) is 11.5. The highest BCUT2D eigenvalue weighted by atomic mass is 32.2. The first kappa shape index (κ1) is 22.6. The molecule has 2 aromatic heterocycles. The van der Waals surface area contributed by atoms with Crippen molar-refractivity contribution >= 4 is 23.5 Å². The molecule has 1 saturated heterocycles. The maximum atomic E-state index is 12.2. The van der Waals surface area contributed by atoms with E-state index >= 15 is 0 Å². The van der Waals surface area contributed by atoms with Crippen LogP contribution in [0.1, 0.15) is 55.6 Å². The molecule has 0 bridgehead atoms. The van der Waals surface area contributed by atoms with Crippen LogP contribution in [0.2, 0.25) is 0 Å². The van der Waals surface area contributed by atoms with Crippen LogP contribution < -0.4 is 10.2 Å². The molecular weight excluding hydrogens is 398 g/mol. The highest BCUT2D eigenvalue weighted by Crippen LogP contribution is 2.29. The minimum atomic E-state index is -0.185. The van der Waals surface area contributed by atoms with Crippen molar-refractivity contribution in [2.24, 2.45) is 0 Å². The van der Waals surface area contributed by atoms with Crippen molar-refractivity contribution in [3.05, 3.63) is 35.4 Å². The average Bonchev–Trinajstić information content (AvgIpc) is 3.37. The molecule has 1 N–H and O–H groups in total. The number of anilines is 1. The topological polar surface area (TPSA) is 74.5 Å². The molecule has 3 heterocycles. The van der Waals surface area contributed by atoms with Crippen molar-refractivity contribution in [3.63, 3.8) is 0 Å². The van der Waals surface area contributed by atoms with Gasteiger partial charge < -0.3 is 19.5 Å². The van der Waals surface area contributed by atoms with Gasteiger partial charge in [-0.05, 0) is 39.1 Å². The van der Waals surface area contributed by atoms with E-state index in [1.165, 1.54) is 12.8 Å². The molecule has 1 aliphatic rings. The second-order valence-electron chi connectivity index (χ2n) is 8.95. The molecule has 164 valence electrons. The van der Waals surface area contributed by atoms with E-state index in [9.17, 15) is 4.79 Å². The summed E-state index contributed by atoms with van der Waals surface area (Å²) in [5.74, 6) is 2.49. The summed E-state index contributed by atoms with van der Waals surface area (Å²) in [4.78, 5) is 26.1. The number of aromatic nitrogens is 2. The second kappa shape index (κ2) is 9.83. The molecular formula is C22H33N5O2S. The van der Waals surface area contributed by atoms with E-state index in [4.69, 9.17) is 14.4 Å². The van der Waals surface area contributed by atoms with Crippen LogP contribution in [0.5, 0.6) is 0 Å². The summed E-state index contributed by atoms with van der Waals surface area (Å²) in [5.41, 5.74) is 0.997. The molecule has 1 aliphatic heterocycles. The van der Waals surface area contributed by atoms with Crippen molar-refractivity contribution < 1.29 is 9.21 Å². The first-order valence-electron chi connectivity index (χ1n) is 10.5. The van der Waals surface area contributed by atoms with Crippen molar-refractivity contribution in [2.45, 2.75) is 49.9 Å². The second-order valence-corrected chi connectivity index (χ2v) is 9.89. The van der Waals surface area contributed by atoms with Crippen LogP contribution in [0.3, 0.4) is 0 Å². The summed E-state index contributed by atoms with van der Waals surface area (Å²) in [6.45, 7) is 9.99. The number of hydrogen-bond donors (Lipinski definition) is 1. The molecule has 8 heteroatoms. The lowest BCUT2D eigenvalue weighted by atomic mass is 9.92. The third-order valence-corrected chi connectivity index (χ3v) is 5.83. The minimum Gasteiger partial charge on any atom is -0.455 e. The van der Waals surface area contributed by atoms with Crippen LogP contribution in [0, 0.1) is 0 Å². The van der Waals surface area contributed by atoms with Crippen LogP contribution in [0.25, 0.3) is 0 Å². The van der Waals surface area contributed by atoms with Crippen molar-refractivity contribution in [2.75, 3.05) is 45.2 Å². The lowest BCUT2D eigenvalue weighted by molar-refractivity contribution is 0.0922. The van der Waals surface area contributed by atoms with E-state index in [1.54, 1.807) is 17.8 Å². The van der Waals surface area contributed by atoms with Crippen LogP contribution in [-0.2, 0) is 11.2 Å². The number of amides is 1. The van der Waals surface area contributed by atoms with Crippen LogP contribution in [-0.4, -0.2) is 61.0 Å². The number of furan rings is 1. The summed E-state index contributed by atoms with van der Waals surface area (Å²) in [5, 5.41) is 3.62. The largest absolute Gasteiger partial charge is 0.455 e. The monoisotopic (exact) mass is 431 g/mol. The van der Waals surface area contributed by atoms with Crippen molar-refractivity contribution in [3.8, 4) is 0 Å². The number of likely N-dealkylation sites (N-methyl/N-ethyl adjacent to an activating group) is 1. The fourth-order valence-electron chi connectivity index (χ4n) is 3.16. The third kappa shape index (κ3) is 6.22.